The number of fused-ring (bicyclic) bond motifs is 2. The summed E-state index contributed by atoms with van der Waals surface area (Å²) < 4.78 is 1.66. The second-order valence-corrected chi connectivity index (χ2v) is 7.41. The van der Waals surface area contributed by atoms with Crippen LogP contribution in [-0.2, 0) is 24.3 Å². The molecule has 6 heteroatoms. The van der Waals surface area contributed by atoms with Crippen LogP contribution in [0.25, 0.3) is 0 Å². The highest BCUT2D eigenvalue weighted by atomic mass is 32.2. The highest BCUT2D eigenvalue weighted by Crippen LogP contribution is 2.28. The van der Waals surface area contributed by atoms with Gasteiger partial charge in [0.25, 0.3) is 5.56 Å². The first-order chi connectivity index (χ1) is 11.6. The molecular weight excluding hydrogens is 322 g/mol. The lowest BCUT2D eigenvalue weighted by Crippen LogP contribution is -2.44. The molecule has 0 spiro atoms. The maximum atomic E-state index is 12.9. The zero-order chi connectivity index (χ0) is 16.7. The Kier molecular flexibility index (Phi) is 3.92. The van der Waals surface area contributed by atoms with Crippen LogP contribution >= 0.6 is 11.8 Å². The van der Waals surface area contributed by atoms with Gasteiger partial charge in [-0.15, -0.1) is 0 Å². The number of hydrogen-bond donors (Lipinski definition) is 0. The van der Waals surface area contributed by atoms with Gasteiger partial charge in [0.15, 0.2) is 5.16 Å². The Balaban J connectivity index is 1.54. The van der Waals surface area contributed by atoms with Crippen molar-refractivity contribution in [3.8, 4) is 0 Å². The minimum absolute atomic E-state index is 0.0333. The van der Waals surface area contributed by atoms with Gasteiger partial charge >= 0.3 is 0 Å². The summed E-state index contributed by atoms with van der Waals surface area (Å²) in [4.78, 5) is 31.5. The molecule has 0 aliphatic carbocycles. The molecule has 0 fully saturated rings. The number of nitrogens with zero attached hydrogens (tertiary/aromatic N) is 3. The number of carbonyl (C=O) groups excluding carboxylic acids is 1. The molecule has 124 valence electrons. The predicted octanol–water partition coefficient (Wildman–Crippen LogP) is 1.86. The van der Waals surface area contributed by atoms with Crippen molar-refractivity contribution in [3.63, 3.8) is 0 Å². The van der Waals surface area contributed by atoms with Crippen molar-refractivity contribution >= 4 is 17.7 Å². The normalized spacial score (nSPS) is 19.5. The predicted molar refractivity (Wildman–Crippen MR) is 93.0 cm³/mol. The van der Waals surface area contributed by atoms with Gasteiger partial charge in [-0.3, -0.25) is 14.2 Å². The van der Waals surface area contributed by atoms with Crippen LogP contribution in [0.4, 0.5) is 0 Å². The van der Waals surface area contributed by atoms with E-state index < -0.39 is 0 Å². The van der Waals surface area contributed by atoms with E-state index >= 15 is 0 Å². The van der Waals surface area contributed by atoms with Crippen LogP contribution in [0.3, 0.4) is 0 Å². The van der Waals surface area contributed by atoms with Crippen molar-refractivity contribution in [2.75, 3.05) is 12.3 Å². The number of aromatic nitrogens is 2. The Hall–Kier alpha value is -2.08. The van der Waals surface area contributed by atoms with E-state index in [2.05, 4.69) is 17.1 Å². The summed E-state index contributed by atoms with van der Waals surface area (Å²) >= 11 is 1.50. The van der Waals surface area contributed by atoms with E-state index in [9.17, 15) is 9.59 Å². The quantitative estimate of drug-likeness (QED) is 0.743. The summed E-state index contributed by atoms with van der Waals surface area (Å²) in [7, 11) is 0. The summed E-state index contributed by atoms with van der Waals surface area (Å²) in [5, 5.41) is 0.721. The zero-order valence-corrected chi connectivity index (χ0v) is 14.4. The molecule has 3 heterocycles. The number of benzene rings is 1. The minimum Gasteiger partial charge on any atom is -0.338 e. The molecule has 2 aromatic rings. The summed E-state index contributed by atoms with van der Waals surface area (Å²) in [5.41, 5.74) is 3.16. The highest BCUT2D eigenvalue weighted by Gasteiger charge is 2.31. The van der Waals surface area contributed by atoms with Gasteiger partial charge in [-0.25, -0.2) is 4.98 Å². The second kappa shape index (κ2) is 6.09. The van der Waals surface area contributed by atoms with Crippen LogP contribution in [0.5, 0.6) is 0 Å². The first-order valence-electron chi connectivity index (χ1n) is 8.18. The molecule has 24 heavy (non-hydrogen) atoms. The van der Waals surface area contributed by atoms with Crippen molar-refractivity contribution in [2.24, 2.45) is 5.92 Å². The molecule has 1 aromatic carbocycles. The third-order valence-electron chi connectivity index (χ3n) is 4.79. The first kappa shape index (κ1) is 15.4. The van der Waals surface area contributed by atoms with Crippen LogP contribution < -0.4 is 5.56 Å². The summed E-state index contributed by atoms with van der Waals surface area (Å²) in [6, 6.07) is 8.30. The summed E-state index contributed by atoms with van der Waals surface area (Å²) in [5.74, 6) is 0.678. The lowest BCUT2D eigenvalue weighted by Gasteiger charge is -2.33. The van der Waals surface area contributed by atoms with Gasteiger partial charge in [0.1, 0.15) is 0 Å². The largest absolute Gasteiger partial charge is 0.338 e. The summed E-state index contributed by atoms with van der Waals surface area (Å²) in [6.45, 7) is 3.63. The molecule has 4 rings (SSSR count). The van der Waals surface area contributed by atoms with E-state index in [0.717, 1.165) is 18.1 Å². The topological polar surface area (TPSA) is 55.2 Å². The number of amides is 1. The fourth-order valence-electron chi connectivity index (χ4n) is 3.39. The van der Waals surface area contributed by atoms with Crippen LogP contribution in [0.2, 0.25) is 0 Å². The molecule has 1 atom stereocenters. The molecule has 0 radical (unpaired) electrons. The number of aryl methyl sites for hydroxylation is 1. The van der Waals surface area contributed by atoms with Crippen molar-refractivity contribution in [3.05, 3.63) is 57.5 Å². The fourth-order valence-corrected chi connectivity index (χ4v) is 4.43. The Morgan fingerprint density at radius 1 is 1.29 bits per heavy atom. The molecule has 0 N–H and O–H groups in total. The Bertz CT molecular complexity index is 862. The number of hydrogen-bond acceptors (Lipinski definition) is 4. The molecule has 2 aliphatic heterocycles. The van der Waals surface area contributed by atoms with Gasteiger partial charge in [0, 0.05) is 37.1 Å². The van der Waals surface area contributed by atoms with Crippen LogP contribution in [0.15, 0.2) is 40.4 Å². The third kappa shape index (κ3) is 2.65. The van der Waals surface area contributed by atoms with Gasteiger partial charge in [-0.1, -0.05) is 36.0 Å². The maximum absolute atomic E-state index is 12.9. The van der Waals surface area contributed by atoms with Gasteiger partial charge in [0.2, 0.25) is 5.91 Å². The lowest BCUT2D eigenvalue weighted by atomic mass is 9.98. The molecule has 0 bridgehead atoms. The number of rotatable bonds is 1. The van der Waals surface area contributed by atoms with E-state index in [1.165, 1.54) is 22.9 Å². The van der Waals surface area contributed by atoms with Gasteiger partial charge in [-0.2, -0.15) is 0 Å². The van der Waals surface area contributed by atoms with Crippen molar-refractivity contribution in [1.29, 1.82) is 0 Å². The van der Waals surface area contributed by atoms with E-state index in [4.69, 9.17) is 0 Å². The van der Waals surface area contributed by atoms with E-state index in [1.807, 2.05) is 17.0 Å². The number of carbonyl (C=O) groups is 1. The van der Waals surface area contributed by atoms with Crippen molar-refractivity contribution in [1.82, 2.24) is 14.5 Å². The molecule has 1 unspecified atom stereocenters. The third-order valence-corrected chi connectivity index (χ3v) is 5.94. The molecule has 2 aliphatic rings. The maximum Gasteiger partial charge on any atom is 0.257 e. The molecule has 1 aromatic heterocycles. The van der Waals surface area contributed by atoms with Crippen LogP contribution in [0.1, 0.15) is 16.7 Å². The molecule has 5 nitrogen and oxygen atoms in total. The SMILES string of the molecule is Cc1cnc2n(c1=O)CC(C(=O)N1CCc3ccccc3C1)CS2. The molecule has 0 saturated carbocycles. The lowest BCUT2D eigenvalue weighted by molar-refractivity contribution is -0.136. The Morgan fingerprint density at radius 3 is 2.92 bits per heavy atom. The molecule has 0 saturated heterocycles. The molecular formula is C18H19N3O2S. The van der Waals surface area contributed by atoms with E-state index in [-0.39, 0.29) is 17.4 Å². The average molecular weight is 341 g/mol. The van der Waals surface area contributed by atoms with Gasteiger partial charge in [-0.05, 0) is 24.5 Å². The van der Waals surface area contributed by atoms with Crippen molar-refractivity contribution < 1.29 is 4.79 Å². The van der Waals surface area contributed by atoms with Crippen molar-refractivity contribution in [2.45, 2.75) is 31.6 Å². The summed E-state index contributed by atoms with van der Waals surface area (Å²) in [6.07, 6.45) is 2.52. The zero-order valence-electron chi connectivity index (χ0n) is 13.6. The standard InChI is InChI=1S/C18H19N3O2S/c1-12-8-19-18-21(16(12)22)10-15(11-24-18)17(23)20-7-6-13-4-2-3-5-14(13)9-20/h2-5,8,15H,6-7,9-11H2,1H3. The minimum atomic E-state index is -0.158. The van der Waals surface area contributed by atoms with E-state index in [1.54, 1.807) is 17.7 Å². The fraction of sp³-hybridized carbons (Fsp3) is 0.389. The van der Waals surface area contributed by atoms with E-state index in [0.29, 0.717) is 24.4 Å². The van der Waals surface area contributed by atoms with Crippen LogP contribution in [-0.4, -0.2) is 32.7 Å². The molecule has 1 amide bonds. The Morgan fingerprint density at radius 2 is 2.08 bits per heavy atom. The number of thioether (sulfide) groups is 1. The van der Waals surface area contributed by atoms with Gasteiger partial charge in [0.05, 0.1) is 5.92 Å². The Labute approximate surface area is 144 Å². The second-order valence-electron chi connectivity index (χ2n) is 6.43. The van der Waals surface area contributed by atoms with Crippen LogP contribution in [0, 0.1) is 12.8 Å². The monoisotopic (exact) mass is 341 g/mol. The smallest absolute Gasteiger partial charge is 0.257 e. The highest BCUT2D eigenvalue weighted by molar-refractivity contribution is 7.99. The average Bonchev–Trinajstić information content (AvgIpc) is 2.63. The first-order valence-corrected chi connectivity index (χ1v) is 9.17. The van der Waals surface area contributed by atoms with Gasteiger partial charge < -0.3 is 4.90 Å².